The number of nitriles is 1. The maximum atomic E-state index is 12.7. The third-order valence-corrected chi connectivity index (χ3v) is 5.78. The predicted molar refractivity (Wildman–Crippen MR) is 116 cm³/mol. The molecule has 1 aliphatic rings. The van der Waals surface area contributed by atoms with Crippen molar-refractivity contribution < 1.29 is 14.0 Å². The quantitative estimate of drug-likeness (QED) is 0.596. The highest BCUT2D eigenvalue weighted by Gasteiger charge is 2.29. The zero-order valence-corrected chi connectivity index (χ0v) is 18.3. The largest absolute Gasteiger partial charge is 0.459 e. The first-order valence-corrected chi connectivity index (χ1v) is 10.8. The fraction of sp³-hybridized carbons (Fsp3) is 0.435. The molecule has 1 fully saturated rings. The summed E-state index contributed by atoms with van der Waals surface area (Å²) in [6.45, 7) is 5.32. The molecule has 0 unspecified atom stereocenters. The summed E-state index contributed by atoms with van der Waals surface area (Å²) in [5.41, 5.74) is 3.53. The van der Waals surface area contributed by atoms with E-state index in [0.29, 0.717) is 55.1 Å². The van der Waals surface area contributed by atoms with Crippen molar-refractivity contribution in [2.45, 2.75) is 39.5 Å². The molecule has 3 aromatic heterocycles. The van der Waals surface area contributed by atoms with Crippen LogP contribution < -0.4 is 5.32 Å². The molecule has 4 heterocycles. The van der Waals surface area contributed by atoms with Crippen molar-refractivity contribution in [2.75, 3.05) is 19.6 Å². The molecule has 1 atom stereocenters. The molecule has 1 N–H and O–H groups in total. The molecule has 0 bridgehead atoms. The van der Waals surface area contributed by atoms with E-state index in [4.69, 9.17) is 4.42 Å². The Balaban J connectivity index is 1.31. The number of nitrogens with one attached hydrogen (secondary N) is 1. The third kappa shape index (κ3) is 4.35. The Kier molecular flexibility index (Phi) is 6.21. The molecule has 0 spiro atoms. The van der Waals surface area contributed by atoms with Crippen LogP contribution >= 0.6 is 0 Å². The molecular weight excluding hydrogens is 408 g/mol. The Bertz CT molecular complexity index is 1170. The van der Waals surface area contributed by atoms with Gasteiger partial charge in [-0.05, 0) is 57.7 Å². The van der Waals surface area contributed by atoms with Crippen molar-refractivity contribution in [3.63, 3.8) is 0 Å². The first-order valence-electron chi connectivity index (χ1n) is 10.8. The lowest BCUT2D eigenvalue weighted by Crippen LogP contribution is -2.45. The number of rotatable bonds is 6. The highest BCUT2D eigenvalue weighted by Crippen LogP contribution is 2.20. The zero-order chi connectivity index (χ0) is 22.7. The van der Waals surface area contributed by atoms with Crippen LogP contribution in [0.5, 0.6) is 0 Å². The maximum absolute atomic E-state index is 12.7. The van der Waals surface area contributed by atoms with Gasteiger partial charge in [0.2, 0.25) is 5.91 Å². The number of carbonyl (C=O) groups is 2. The lowest BCUT2D eigenvalue weighted by Gasteiger charge is -2.31. The predicted octanol–water partition coefficient (Wildman–Crippen LogP) is 2.41. The average molecular weight is 435 g/mol. The second kappa shape index (κ2) is 9.22. The van der Waals surface area contributed by atoms with Gasteiger partial charge in [-0.25, -0.2) is 9.50 Å². The van der Waals surface area contributed by atoms with Gasteiger partial charge in [0.1, 0.15) is 11.6 Å². The van der Waals surface area contributed by atoms with E-state index in [1.165, 1.54) is 6.26 Å². The Morgan fingerprint density at radius 2 is 2.22 bits per heavy atom. The minimum atomic E-state index is -0.234. The van der Waals surface area contributed by atoms with Crippen LogP contribution in [0, 0.1) is 31.1 Å². The number of nitrogens with zero attached hydrogens (tertiary/aromatic N) is 5. The summed E-state index contributed by atoms with van der Waals surface area (Å²) < 4.78 is 6.89. The highest BCUT2D eigenvalue weighted by atomic mass is 16.3. The molecule has 1 saturated heterocycles. The number of aryl methyl sites for hydroxylation is 3. The van der Waals surface area contributed by atoms with Crippen LogP contribution in [0.2, 0.25) is 0 Å². The molecule has 0 saturated carbocycles. The van der Waals surface area contributed by atoms with Crippen LogP contribution in [0.4, 0.5) is 0 Å². The first kappa shape index (κ1) is 21.6. The molecule has 9 heteroatoms. The fourth-order valence-corrected chi connectivity index (χ4v) is 4.20. The van der Waals surface area contributed by atoms with Gasteiger partial charge in [0.05, 0.1) is 17.9 Å². The molecule has 166 valence electrons. The lowest BCUT2D eigenvalue weighted by atomic mass is 9.97. The van der Waals surface area contributed by atoms with E-state index >= 15 is 0 Å². The molecule has 1 aliphatic heterocycles. The Morgan fingerprint density at radius 3 is 2.97 bits per heavy atom. The average Bonchev–Trinajstić information content (AvgIpc) is 3.44. The Labute approximate surface area is 186 Å². The van der Waals surface area contributed by atoms with Crippen molar-refractivity contribution in [2.24, 2.45) is 5.92 Å². The number of likely N-dealkylation sites (tertiary alicyclic amines) is 1. The van der Waals surface area contributed by atoms with Crippen LogP contribution in [0.3, 0.4) is 0 Å². The second-order valence-electron chi connectivity index (χ2n) is 8.17. The third-order valence-electron chi connectivity index (χ3n) is 5.78. The minimum Gasteiger partial charge on any atom is -0.459 e. The van der Waals surface area contributed by atoms with E-state index in [0.717, 1.165) is 24.2 Å². The highest BCUT2D eigenvalue weighted by molar-refractivity contribution is 5.92. The van der Waals surface area contributed by atoms with Crippen LogP contribution in [0.15, 0.2) is 28.9 Å². The van der Waals surface area contributed by atoms with Crippen LogP contribution in [-0.4, -0.2) is 50.9 Å². The number of hydrogen-bond acceptors (Lipinski definition) is 6. The molecule has 4 rings (SSSR count). The van der Waals surface area contributed by atoms with E-state index < -0.39 is 0 Å². The van der Waals surface area contributed by atoms with Gasteiger partial charge in [0.25, 0.3) is 5.91 Å². The number of amides is 2. The summed E-state index contributed by atoms with van der Waals surface area (Å²) in [5.74, 6) is -0.165. The van der Waals surface area contributed by atoms with E-state index in [9.17, 15) is 14.9 Å². The van der Waals surface area contributed by atoms with Gasteiger partial charge < -0.3 is 14.6 Å². The van der Waals surface area contributed by atoms with E-state index in [1.54, 1.807) is 21.5 Å². The SMILES string of the molecule is Cc1cc(C)n2nc(CCCNC(=O)[C@@H]3CCCN(C(=O)c4ccco4)C3)c(C#N)c2n1. The molecule has 0 aliphatic carbocycles. The standard InChI is InChI=1S/C23H26N6O3/c1-15-12-16(2)29-21(26-15)18(13-24)19(27-29)7-3-9-25-22(30)17-6-4-10-28(14-17)23(31)20-8-5-11-32-20/h5,8,11-12,17H,3-4,6-7,9-10,14H2,1-2H3,(H,25,30)/t17-/m1/s1. The zero-order valence-electron chi connectivity index (χ0n) is 18.3. The van der Waals surface area contributed by atoms with Gasteiger partial charge in [0, 0.05) is 31.0 Å². The van der Waals surface area contributed by atoms with Crippen LogP contribution in [-0.2, 0) is 11.2 Å². The first-order chi connectivity index (χ1) is 15.5. The number of aromatic nitrogens is 3. The van der Waals surface area contributed by atoms with Gasteiger partial charge in [-0.1, -0.05) is 0 Å². The van der Waals surface area contributed by atoms with Gasteiger partial charge in [-0.15, -0.1) is 0 Å². The smallest absolute Gasteiger partial charge is 0.289 e. The van der Waals surface area contributed by atoms with E-state index in [-0.39, 0.29) is 17.7 Å². The van der Waals surface area contributed by atoms with Crippen LogP contribution in [0.1, 0.15) is 52.5 Å². The summed E-state index contributed by atoms with van der Waals surface area (Å²) >= 11 is 0. The van der Waals surface area contributed by atoms with Gasteiger partial charge in [0.15, 0.2) is 11.4 Å². The number of furan rings is 1. The molecule has 32 heavy (non-hydrogen) atoms. The summed E-state index contributed by atoms with van der Waals surface area (Å²) in [5, 5.41) is 17.1. The summed E-state index contributed by atoms with van der Waals surface area (Å²) in [6, 6.07) is 7.47. The number of fused-ring (bicyclic) bond motifs is 1. The maximum Gasteiger partial charge on any atom is 0.289 e. The monoisotopic (exact) mass is 434 g/mol. The van der Waals surface area contributed by atoms with E-state index in [1.807, 2.05) is 19.9 Å². The van der Waals surface area contributed by atoms with Crippen molar-refractivity contribution in [1.82, 2.24) is 24.8 Å². The van der Waals surface area contributed by atoms with Gasteiger partial charge in [-0.2, -0.15) is 10.4 Å². The lowest BCUT2D eigenvalue weighted by molar-refractivity contribution is -0.126. The Hall–Kier alpha value is -3.67. The van der Waals surface area contributed by atoms with Crippen molar-refractivity contribution >= 4 is 17.5 Å². The number of carbonyl (C=O) groups excluding carboxylic acids is 2. The fourth-order valence-electron chi connectivity index (χ4n) is 4.20. The molecular formula is C23H26N6O3. The normalized spacial score (nSPS) is 16.2. The number of piperidine rings is 1. The number of hydrogen-bond donors (Lipinski definition) is 1. The van der Waals surface area contributed by atoms with Crippen molar-refractivity contribution in [1.29, 1.82) is 5.26 Å². The van der Waals surface area contributed by atoms with Crippen molar-refractivity contribution in [3.8, 4) is 6.07 Å². The molecule has 0 radical (unpaired) electrons. The second-order valence-corrected chi connectivity index (χ2v) is 8.17. The van der Waals surface area contributed by atoms with Crippen molar-refractivity contribution in [3.05, 3.63) is 52.9 Å². The summed E-state index contributed by atoms with van der Waals surface area (Å²) in [7, 11) is 0. The molecule has 9 nitrogen and oxygen atoms in total. The molecule has 2 amide bonds. The minimum absolute atomic E-state index is 0.0504. The Morgan fingerprint density at radius 1 is 1.38 bits per heavy atom. The van der Waals surface area contributed by atoms with E-state index in [2.05, 4.69) is 21.5 Å². The van der Waals surface area contributed by atoms with Gasteiger partial charge in [-0.3, -0.25) is 9.59 Å². The molecule has 3 aromatic rings. The molecule has 0 aromatic carbocycles. The summed E-state index contributed by atoms with van der Waals surface area (Å²) in [4.78, 5) is 31.3. The topological polar surface area (TPSA) is 117 Å². The van der Waals surface area contributed by atoms with Crippen LogP contribution in [0.25, 0.3) is 5.65 Å². The van der Waals surface area contributed by atoms with Gasteiger partial charge >= 0.3 is 0 Å². The summed E-state index contributed by atoms with van der Waals surface area (Å²) in [6.07, 6.45) is 4.23.